The van der Waals surface area contributed by atoms with Gasteiger partial charge in [0.25, 0.3) is 5.91 Å². The van der Waals surface area contributed by atoms with Crippen molar-refractivity contribution in [3.05, 3.63) is 95.4 Å². The van der Waals surface area contributed by atoms with Crippen molar-refractivity contribution in [1.82, 2.24) is 10.3 Å². The van der Waals surface area contributed by atoms with Crippen LogP contribution in [0.2, 0.25) is 0 Å². The summed E-state index contributed by atoms with van der Waals surface area (Å²) in [7, 11) is -4.29. The van der Waals surface area contributed by atoms with E-state index in [9.17, 15) is 32.3 Å². The Balaban J connectivity index is 1.65. The highest BCUT2D eigenvalue weighted by molar-refractivity contribution is 7.51. The predicted octanol–water partition coefficient (Wildman–Crippen LogP) is 4.94. The van der Waals surface area contributed by atoms with Crippen LogP contribution >= 0.6 is 7.60 Å². The molecule has 0 unspecified atom stereocenters. The quantitative estimate of drug-likeness (QED) is 0.297. The Morgan fingerprint density at radius 1 is 1.00 bits per heavy atom. The molecular formula is C25H24F3N2O6P. The van der Waals surface area contributed by atoms with Crippen LogP contribution in [0.3, 0.4) is 0 Å². The second-order valence-corrected chi connectivity index (χ2v) is 9.65. The Bertz CT molecular complexity index is 1260. The number of carbonyl (C=O) groups excluding carboxylic acids is 1. The van der Waals surface area contributed by atoms with Gasteiger partial charge in [0.05, 0.1) is 11.9 Å². The normalized spacial score (nSPS) is 12.2. The highest BCUT2D eigenvalue weighted by Crippen LogP contribution is 2.36. The minimum Gasteiger partial charge on any atom is -0.487 e. The van der Waals surface area contributed by atoms with Crippen molar-refractivity contribution in [3.63, 3.8) is 0 Å². The van der Waals surface area contributed by atoms with E-state index in [1.807, 2.05) is 0 Å². The van der Waals surface area contributed by atoms with E-state index >= 15 is 0 Å². The molecule has 0 bridgehead atoms. The van der Waals surface area contributed by atoms with Crippen LogP contribution < -0.4 is 14.8 Å². The van der Waals surface area contributed by atoms with E-state index in [0.717, 1.165) is 0 Å². The monoisotopic (exact) mass is 536 g/mol. The molecule has 3 N–H and O–H groups in total. The number of carbonyl (C=O) groups is 1. The zero-order valence-electron chi connectivity index (χ0n) is 19.4. The Labute approximate surface area is 210 Å². The summed E-state index contributed by atoms with van der Waals surface area (Å²) in [5.74, 6) is 0.0592. The zero-order valence-corrected chi connectivity index (χ0v) is 20.3. The van der Waals surface area contributed by atoms with Crippen molar-refractivity contribution in [2.75, 3.05) is 12.8 Å². The number of benzene rings is 2. The largest absolute Gasteiger partial charge is 0.487 e. The fourth-order valence-electron chi connectivity index (χ4n) is 3.05. The van der Waals surface area contributed by atoms with Crippen LogP contribution in [-0.2, 0) is 11.2 Å². The Morgan fingerprint density at radius 3 is 2.35 bits per heavy atom. The Hall–Kier alpha value is -3.66. The number of nitrogens with zero attached hydrogens (tertiary/aromatic N) is 1. The molecule has 3 aromatic rings. The summed E-state index contributed by atoms with van der Waals surface area (Å²) in [6, 6.07) is 17.7. The summed E-state index contributed by atoms with van der Waals surface area (Å²) in [5, 5.41) is 2.70. The predicted molar refractivity (Wildman–Crippen MR) is 130 cm³/mol. The lowest BCUT2D eigenvalue weighted by atomic mass is 10.1. The van der Waals surface area contributed by atoms with E-state index in [1.54, 1.807) is 60.7 Å². The molecule has 1 aromatic heterocycles. The van der Waals surface area contributed by atoms with Crippen molar-refractivity contribution in [1.29, 1.82) is 0 Å². The lowest BCUT2D eigenvalue weighted by Gasteiger charge is -2.12. The second kappa shape index (κ2) is 12.5. The van der Waals surface area contributed by atoms with Crippen LogP contribution in [0.25, 0.3) is 6.08 Å². The number of aromatic nitrogens is 1. The third kappa shape index (κ3) is 10.5. The highest BCUT2D eigenvalue weighted by Gasteiger charge is 2.28. The number of nitrogens with one attached hydrogen (secondary N) is 1. The molecular weight excluding hydrogens is 512 g/mol. The molecule has 8 nitrogen and oxygen atoms in total. The van der Waals surface area contributed by atoms with Gasteiger partial charge in [-0.15, -0.1) is 0 Å². The molecule has 0 spiro atoms. The van der Waals surface area contributed by atoms with Gasteiger partial charge in [-0.3, -0.25) is 14.3 Å². The maximum absolute atomic E-state index is 12.5. The lowest BCUT2D eigenvalue weighted by Crippen LogP contribution is -2.23. The summed E-state index contributed by atoms with van der Waals surface area (Å²) >= 11 is 0. The average Bonchev–Trinajstić information content (AvgIpc) is 2.85. The number of halogens is 3. The van der Waals surface area contributed by atoms with E-state index in [0.29, 0.717) is 28.3 Å². The van der Waals surface area contributed by atoms with Gasteiger partial charge in [0.15, 0.2) is 6.61 Å². The van der Waals surface area contributed by atoms with Crippen LogP contribution in [0, 0.1) is 0 Å². The van der Waals surface area contributed by atoms with Gasteiger partial charge >= 0.3 is 13.8 Å². The SMILES string of the molecule is O=C(N/C(=C/c1ccc(OCc2cc(OCC(F)(F)F)ccn2)cc1)CCP(=O)(O)O)c1ccccc1. The summed E-state index contributed by atoms with van der Waals surface area (Å²) in [4.78, 5) is 35.1. The maximum atomic E-state index is 12.5. The van der Waals surface area contributed by atoms with Gasteiger partial charge in [0.2, 0.25) is 0 Å². The summed E-state index contributed by atoms with van der Waals surface area (Å²) < 4.78 is 58.7. The number of amides is 1. The second-order valence-electron chi connectivity index (χ2n) is 7.87. The maximum Gasteiger partial charge on any atom is 0.422 e. The van der Waals surface area contributed by atoms with Gasteiger partial charge in [0, 0.05) is 23.5 Å². The Morgan fingerprint density at radius 2 is 1.70 bits per heavy atom. The molecule has 37 heavy (non-hydrogen) atoms. The number of rotatable bonds is 11. The van der Waals surface area contributed by atoms with Gasteiger partial charge in [0.1, 0.15) is 18.1 Å². The molecule has 0 saturated heterocycles. The molecule has 12 heteroatoms. The molecule has 0 atom stereocenters. The first kappa shape index (κ1) is 27.9. The van der Waals surface area contributed by atoms with Crippen molar-refractivity contribution in [3.8, 4) is 11.5 Å². The number of alkyl halides is 3. The molecule has 0 fully saturated rings. The molecule has 0 radical (unpaired) electrons. The fourth-order valence-corrected chi connectivity index (χ4v) is 3.59. The smallest absolute Gasteiger partial charge is 0.422 e. The number of pyridine rings is 1. The van der Waals surface area contributed by atoms with Gasteiger partial charge in [-0.05, 0) is 48.4 Å². The molecule has 0 saturated carbocycles. The molecule has 1 amide bonds. The summed E-state index contributed by atoms with van der Waals surface area (Å²) in [6.45, 7) is -1.42. The van der Waals surface area contributed by atoms with E-state index < -0.39 is 32.4 Å². The molecule has 2 aromatic carbocycles. The van der Waals surface area contributed by atoms with Crippen molar-refractivity contribution >= 4 is 19.6 Å². The molecule has 0 aliphatic carbocycles. The average molecular weight is 536 g/mol. The molecule has 3 rings (SSSR count). The third-order valence-electron chi connectivity index (χ3n) is 4.78. The van der Waals surface area contributed by atoms with E-state index in [2.05, 4.69) is 10.3 Å². The standard InChI is InChI=1S/C25H24F3N2O6P/c26-25(27,28)17-36-23-10-12-29-21(15-23)16-35-22-8-6-18(7-9-22)14-20(11-13-37(32,33)34)30-24(31)19-4-2-1-3-5-19/h1-10,12,14-15H,11,13,16-17H2,(H,30,31)(H2,32,33,34)/b20-14+. The number of hydrogen-bond acceptors (Lipinski definition) is 5. The molecule has 0 aliphatic heterocycles. The number of allylic oxidation sites excluding steroid dienone is 1. The van der Waals surface area contributed by atoms with Gasteiger partial charge in [-0.1, -0.05) is 30.3 Å². The van der Waals surface area contributed by atoms with E-state index in [4.69, 9.17) is 9.47 Å². The third-order valence-corrected chi connectivity index (χ3v) is 5.59. The minimum absolute atomic E-state index is 0.0148. The van der Waals surface area contributed by atoms with Gasteiger partial charge in [-0.2, -0.15) is 13.2 Å². The van der Waals surface area contributed by atoms with Crippen LogP contribution in [0.15, 0.2) is 78.6 Å². The van der Waals surface area contributed by atoms with Gasteiger partial charge in [-0.25, -0.2) is 0 Å². The summed E-state index contributed by atoms with van der Waals surface area (Å²) in [6.07, 6.45) is -2.02. The van der Waals surface area contributed by atoms with Crippen LogP contribution in [0.4, 0.5) is 13.2 Å². The first-order valence-corrected chi connectivity index (χ1v) is 12.8. The van der Waals surface area contributed by atoms with Crippen LogP contribution in [-0.4, -0.2) is 39.6 Å². The van der Waals surface area contributed by atoms with Crippen molar-refractivity contribution in [2.24, 2.45) is 0 Å². The minimum atomic E-state index is -4.45. The van der Waals surface area contributed by atoms with Crippen LogP contribution in [0.5, 0.6) is 11.5 Å². The highest BCUT2D eigenvalue weighted by atomic mass is 31.2. The first-order valence-electron chi connectivity index (χ1n) is 11.0. The number of hydrogen-bond donors (Lipinski definition) is 3. The molecule has 1 heterocycles. The van der Waals surface area contributed by atoms with E-state index in [1.165, 1.54) is 18.3 Å². The first-order chi connectivity index (χ1) is 17.5. The van der Waals surface area contributed by atoms with E-state index in [-0.39, 0.29) is 18.8 Å². The molecule has 0 aliphatic rings. The van der Waals surface area contributed by atoms with Crippen molar-refractivity contribution < 1.29 is 41.8 Å². The topological polar surface area (TPSA) is 118 Å². The Kier molecular flexibility index (Phi) is 9.46. The van der Waals surface area contributed by atoms with Crippen LogP contribution in [0.1, 0.15) is 28.0 Å². The summed E-state index contributed by atoms with van der Waals surface area (Å²) in [5.41, 5.74) is 1.73. The van der Waals surface area contributed by atoms with Crippen molar-refractivity contribution in [2.45, 2.75) is 19.2 Å². The van der Waals surface area contributed by atoms with Gasteiger partial charge < -0.3 is 24.6 Å². The lowest BCUT2D eigenvalue weighted by molar-refractivity contribution is -0.153. The zero-order chi connectivity index (χ0) is 26.9. The molecule has 196 valence electrons. The number of ether oxygens (including phenoxy) is 2. The fraction of sp³-hybridized carbons (Fsp3) is 0.200.